The number of hydrogen-bond donors (Lipinski definition) is 3. The molecule has 1 saturated heterocycles. The van der Waals surface area contributed by atoms with Crippen LogP contribution in [0.15, 0.2) is 58.8 Å². The number of nitrogens with zero attached hydrogens (tertiary/aromatic N) is 2. The number of aromatic amines is 1. The number of nitrogens with one attached hydrogen (secondary N) is 3. The summed E-state index contributed by atoms with van der Waals surface area (Å²) in [6.45, 7) is 2.85. The number of anilines is 1. The molecule has 3 aromatic rings. The lowest BCUT2D eigenvalue weighted by Crippen LogP contribution is -2.44. The molecule has 1 aromatic carbocycles. The number of H-pyrrole nitrogens is 1. The van der Waals surface area contributed by atoms with Gasteiger partial charge in [0.25, 0.3) is 5.91 Å². The van der Waals surface area contributed by atoms with Crippen molar-refractivity contribution in [3.63, 3.8) is 0 Å². The molecule has 0 unspecified atom stereocenters. The van der Waals surface area contributed by atoms with Gasteiger partial charge in [-0.05, 0) is 24.5 Å². The number of amides is 2. The maximum Gasteiger partial charge on any atom is 0.258 e. The molecule has 4 rings (SSSR count). The lowest BCUT2D eigenvalue weighted by atomic mass is 10.0. The molecule has 1 aliphatic rings. The van der Waals surface area contributed by atoms with Gasteiger partial charge in [-0.25, -0.2) is 4.98 Å². The summed E-state index contributed by atoms with van der Waals surface area (Å²) in [7, 11) is 0. The zero-order valence-corrected chi connectivity index (χ0v) is 18.4. The fraction of sp³-hybridized carbons (Fsp3) is 0.304. The number of hydrogen-bond acceptors (Lipinski definition) is 6. The Morgan fingerprint density at radius 3 is 2.62 bits per heavy atom. The predicted molar refractivity (Wildman–Crippen MR) is 124 cm³/mol. The van der Waals surface area contributed by atoms with Crippen LogP contribution in [0.4, 0.5) is 5.13 Å². The largest absolute Gasteiger partial charge is 0.353 e. The maximum absolute atomic E-state index is 12.5. The van der Waals surface area contributed by atoms with Crippen molar-refractivity contribution in [2.45, 2.75) is 31.8 Å². The fourth-order valence-electron chi connectivity index (χ4n) is 3.69. The summed E-state index contributed by atoms with van der Waals surface area (Å²) in [6, 6.07) is 13.3. The summed E-state index contributed by atoms with van der Waals surface area (Å²) in [6.07, 6.45) is 3.38. The molecule has 2 aromatic heterocycles. The summed E-state index contributed by atoms with van der Waals surface area (Å²) in [5.41, 5.74) is 1.98. The quantitative estimate of drug-likeness (QED) is 0.511. The number of likely N-dealkylation sites (tertiary alicyclic amines) is 1. The molecule has 32 heavy (non-hydrogen) atoms. The van der Waals surface area contributed by atoms with Gasteiger partial charge < -0.3 is 10.3 Å². The van der Waals surface area contributed by atoms with Crippen LogP contribution in [0.3, 0.4) is 0 Å². The highest BCUT2D eigenvalue weighted by Gasteiger charge is 2.21. The SMILES string of the molecule is O=C(Cc1csc(NC(=O)c2ccc(=O)[nH]c2)n1)NC1CCN(Cc2ccccc2)CC1. The van der Waals surface area contributed by atoms with Crippen LogP contribution in [0.25, 0.3) is 0 Å². The van der Waals surface area contributed by atoms with Gasteiger partial charge in [0.1, 0.15) is 0 Å². The van der Waals surface area contributed by atoms with Crippen LogP contribution in [0.5, 0.6) is 0 Å². The minimum atomic E-state index is -0.367. The van der Waals surface area contributed by atoms with Crippen molar-refractivity contribution in [3.8, 4) is 0 Å². The molecular weight excluding hydrogens is 426 g/mol. The molecule has 8 nitrogen and oxygen atoms in total. The van der Waals surface area contributed by atoms with Crippen LogP contribution in [-0.2, 0) is 17.8 Å². The molecule has 9 heteroatoms. The van der Waals surface area contributed by atoms with Gasteiger partial charge in [0.15, 0.2) is 5.13 Å². The first-order chi connectivity index (χ1) is 15.5. The van der Waals surface area contributed by atoms with E-state index < -0.39 is 0 Å². The molecule has 0 bridgehead atoms. The van der Waals surface area contributed by atoms with Gasteiger partial charge in [0.05, 0.1) is 17.7 Å². The monoisotopic (exact) mass is 451 g/mol. The van der Waals surface area contributed by atoms with Gasteiger partial charge in [-0.2, -0.15) is 0 Å². The van der Waals surface area contributed by atoms with Gasteiger partial charge >= 0.3 is 0 Å². The van der Waals surface area contributed by atoms with Gasteiger partial charge in [-0.3, -0.25) is 24.6 Å². The Balaban J connectivity index is 1.21. The number of aromatic nitrogens is 2. The molecule has 3 N–H and O–H groups in total. The molecule has 0 saturated carbocycles. The van der Waals surface area contributed by atoms with Gasteiger partial charge in [-0.1, -0.05) is 30.3 Å². The summed E-state index contributed by atoms with van der Waals surface area (Å²) in [5, 5.41) is 7.98. The van der Waals surface area contributed by atoms with Gasteiger partial charge in [0.2, 0.25) is 11.5 Å². The van der Waals surface area contributed by atoms with E-state index in [2.05, 4.69) is 49.8 Å². The van der Waals surface area contributed by atoms with Crippen LogP contribution < -0.4 is 16.2 Å². The average molecular weight is 452 g/mol. The van der Waals surface area contributed by atoms with E-state index in [4.69, 9.17) is 0 Å². The van der Waals surface area contributed by atoms with E-state index in [-0.39, 0.29) is 29.8 Å². The first kappa shape index (κ1) is 21.9. The van der Waals surface area contributed by atoms with E-state index in [0.29, 0.717) is 16.4 Å². The third-order valence-corrected chi connectivity index (χ3v) is 6.17. The standard InChI is InChI=1S/C23H25N5O3S/c29-20-7-6-17(13-24-20)22(31)27-23-26-19(15-32-23)12-21(30)25-18-8-10-28(11-9-18)14-16-4-2-1-3-5-16/h1-7,13,15,18H,8-12,14H2,(H,24,29)(H,25,30)(H,26,27,31). The first-order valence-corrected chi connectivity index (χ1v) is 11.4. The minimum Gasteiger partial charge on any atom is -0.353 e. The van der Waals surface area contributed by atoms with Gasteiger partial charge in [0, 0.05) is 43.3 Å². The Hall–Kier alpha value is -3.30. The van der Waals surface area contributed by atoms with Crippen LogP contribution in [-0.4, -0.2) is 45.8 Å². The second kappa shape index (κ2) is 10.3. The Morgan fingerprint density at radius 1 is 1.12 bits per heavy atom. The van der Waals surface area contributed by atoms with E-state index in [1.165, 1.54) is 35.2 Å². The number of carbonyl (C=O) groups excluding carboxylic acids is 2. The molecule has 0 aliphatic carbocycles. The van der Waals surface area contributed by atoms with Crippen LogP contribution >= 0.6 is 11.3 Å². The molecule has 2 amide bonds. The molecule has 0 spiro atoms. The minimum absolute atomic E-state index is 0.0599. The third kappa shape index (κ3) is 6.12. The highest BCUT2D eigenvalue weighted by Crippen LogP contribution is 2.18. The molecule has 166 valence electrons. The molecule has 1 aliphatic heterocycles. The Morgan fingerprint density at radius 2 is 1.91 bits per heavy atom. The fourth-order valence-corrected chi connectivity index (χ4v) is 4.39. The second-order valence-electron chi connectivity index (χ2n) is 7.82. The van der Waals surface area contributed by atoms with Crippen molar-refractivity contribution in [2.75, 3.05) is 18.4 Å². The lowest BCUT2D eigenvalue weighted by molar-refractivity contribution is -0.121. The number of benzene rings is 1. The number of thiazole rings is 1. The highest BCUT2D eigenvalue weighted by molar-refractivity contribution is 7.14. The molecule has 0 radical (unpaired) electrons. The number of carbonyl (C=O) groups is 2. The third-order valence-electron chi connectivity index (χ3n) is 5.36. The predicted octanol–water partition coefficient (Wildman–Crippen LogP) is 2.41. The second-order valence-corrected chi connectivity index (χ2v) is 8.68. The number of pyridine rings is 1. The Bertz CT molecular complexity index is 1100. The number of piperidine rings is 1. The normalized spacial score (nSPS) is 14.8. The summed E-state index contributed by atoms with van der Waals surface area (Å²) >= 11 is 1.26. The highest BCUT2D eigenvalue weighted by atomic mass is 32.1. The van der Waals surface area contributed by atoms with E-state index in [0.717, 1.165) is 32.5 Å². The average Bonchev–Trinajstić information content (AvgIpc) is 3.22. The molecule has 0 atom stereocenters. The van der Waals surface area contributed by atoms with Crippen molar-refractivity contribution in [1.82, 2.24) is 20.2 Å². The zero-order chi connectivity index (χ0) is 22.3. The molecular formula is C23H25N5O3S. The Labute approximate surface area is 189 Å². The Kier molecular flexibility index (Phi) is 7.08. The summed E-state index contributed by atoms with van der Waals surface area (Å²) < 4.78 is 0. The zero-order valence-electron chi connectivity index (χ0n) is 17.5. The smallest absolute Gasteiger partial charge is 0.258 e. The van der Waals surface area contributed by atoms with Crippen LogP contribution in [0.1, 0.15) is 34.5 Å². The first-order valence-electron chi connectivity index (χ1n) is 10.6. The van der Waals surface area contributed by atoms with E-state index in [9.17, 15) is 14.4 Å². The van der Waals surface area contributed by atoms with Crippen molar-refractivity contribution < 1.29 is 9.59 Å². The van der Waals surface area contributed by atoms with Gasteiger partial charge in [-0.15, -0.1) is 11.3 Å². The topological polar surface area (TPSA) is 107 Å². The van der Waals surface area contributed by atoms with E-state index in [1.807, 2.05) is 6.07 Å². The van der Waals surface area contributed by atoms with Crippen molar-refractivity contribution in [2.24, 2.45) is 0 Å². The summed E-state index contributed by atoms with van der Waals surface area (Å²) in [5.74, 6) is -0.427. The van der Waals surface area contributed by atoms with Crippen LogP contribution in [0, 0.1) is 0 Å². The van der Waals surface area contributed by atoms with E-state index in [1.54, 1.807) is 5.38 Å². The lowest BCUT2D eigenvalue weighted by Gasteiger charge is -2.32. The van der Waals surface area contributed by atoms with Crippen LogP contribution in [0.2, 0.25) is 0 Å². The molecule has 3 heterocycles. The maximum atomic E-state index is 12.5. The van der Waals surface area contributed by atoms with Crippen molar-refractivity contribution in [3.05, 3.63) is 81.2 Å². The van der Waals surface area contributed by atoms with Crippen molar-refractivity contribution >= 4 is 28.3 Å². The van der Waals surface area contributed by atoms with E-state index >= 15 is 0 Å². The number of rotatable bonds is 7. The summed E-state index contributed by atoms with van der Waals surface area (Å²) in [4.78, 5) is 45.0. The molecule has 1 fully saturated rings. The van der Waals surface area contributed by atoms with Crippen molar-refractivity contribution in [1.29, 1.82) is 0 Å².